The Kier molecular flexibility index (Phi) is 6.21. The quantitative estimate of drug-likeness (QED) is 0.343. The first kappa shape index (κ1) is 24.3. The molecule has 0 spiro atoms. The number of aromatic nitrogens is 1. The third-order valence-corrected chi connectivity index (χ3v) is 7.69. The number of hydrogen-bond donors (Lipinski definition) is 1. The van der Waals surface area contributed by atoms with Crippen LogP contribution >= 0.6 is 0 Å². The molecule has 38 heavy (non-hydrogen) atoms. The number of phenols is 1. The molecule has 0 aliphatic carbocycles. The fraction of sp³-hybridized carbons (Fsp3) is 0.290. The van der Waals surface area contributed by atoms with Crippen molar-refractivity contribution in [3.8, 4) is 34.1 Å². The van der Waals surface area contributed by atoms with Gasteiger partial charge in [0.25, 0.3) is 0 Å². The molecule has 0 atom stereocenters. The van der Waals surface area contributed by atoms with Crippen molar-refractivity contribution >= 4 is 16.6 Å². The third-order valence-electron chi connectivity index (χ3n) is 7.69. The van der Waals surface area contributed by atoms with Crippen molar-refractivity contribution in [2.75, 3.05) is 37.6 Å². The molecule has 0 amide bonds. The van der Waals surface area contributed by atoms with Crippen LogP contribution < -0.4 is 4.90 Å². The number of pyridine rings is 1. The Balaban J connectivity index is 1.48. The van der Waals surface area contributed by atoms with E-state index in [2.05, 4.69) is 14.8 Å². The average Bonchev–Trinajstić information content (AvgIpc) is 3.39. The summed E-state index contributed by atoms with van der Waals surface area (Å²) in [6, 6.07) is 14.6. The van der Waals surface area contributed by atoms with E-state index in [1.54, 1.807) is 12.3 Å². The van der Waals surface area contributed by atoms with Gasteiger partial charge in [-0.05, 0) is 85.9 Å². The first-order chi connectivity index (χ1) is 18.4. The highest BCUT2D eigenvalue weighted by atomic mass is 19.1. The van der Waals surface area contributed by atoms with E-state index in [1.165, 1.54) is 31.0 Å². The largest absolute Gasteiger partial charge is 0.506 e. The smallest absolute Gasteiger partial charge is 0.141 e. The Morgan fingerprint density at radius 3 is 2.47 bits per heavy atom. The number of anilines is 1. The lowest BCUT2D eigenvalue weighted by atomic mass is 9.92. The number of nitriles is 1. The van der Waals surface area contributed by atoms with E-state index in [9.17, 15) is 19.1 Å². The lowest BCUT2D eigenvalue weighted by Gasteiger charge is -2.44. The standard InChI is InChI=1S/C31H28F2N4O/c1-19-8-22(10-24(32)9-19)28-15-35-29-5-4-21(26-13-25(33)11-23(14-34)31(26)38)12-27(29)30(28)37-17-20(18-37)16-36-6-2-3-7-36/h4-5,8-13,15,20,38H,2-3,6-7,16-18H2,1H3. The number of phenolic OH excluding ortho intramolecular Hbond substituents is 1. The van der Waals surface area contributed by atoms with Gasteiger partial charge in [-0.3, -0.25) is 4.98 Å². The number of nitrogens with zero attached hydrogens (tertiary/aromatic N) is 4. The van der Waals surface area contributed by atoms with Crippen LogP contribution in [0.5, 0.6) is 5.75 Å². The van der Waals surface area contributed by atoms with Gasteiger partial charge < -0.3 is 14.9 Å². The van der Waals surface area contributed by atoms with Crippen LogP contribution in [0, 0.1) is 35.8 Å². The molecule has 1 N–H and O–H groups in total. The average molecular weight is 511 g/mol. The summed E-state index contributed by atoms with van der Waals surface area (Å²) in [7, 11) is 0. The van der Waals surface area contributed by atoms with Gasteiger partial charge >= 0.3 is 0 Å². The molecule has 5 nitrogen and oxygen atoms in total. The molecule has 0 radical (unpaired) electrons. The first-order valence-electron chi connectivity index (χ1n) is 13.0. The molecule has 0 saturated carbocycles. The van der Waals surface area contributed by atoms with Gasteiger partial charge in [-0.15, -0.1) is 0 Å². The van der Waals surface area contributed by atoms with E-state index in [1.807, 2.05) is 31.2 Å². The summed E-state index contributed by atoms with van der Waals surface area (Å²) in [6.45, 7) is 7.03. The highest BCUT2D eigenvalue weighted by Gasteiger charge is 2.32. The van der Waals surface area contributed by atoms with Gasteiger partial charge in [0, 0.05) is 48.3 Å². The second-order valence-corrected chi connectivity index (χ2v) is 10.5. The van der Waals surface area contributed by atoms with Crippen molar-refractivity contribution in [2.45, 2.75) is 19.8 Å². The lowest BCUT2D eigenvalue weighted by molar-refractivity contribution is 0.248. The van der Waals surface area contributed by atoms with Gasteiger partial charge in [0.05, 0.1) is 16.8 Å². The van der Waals surface area contributed by atoms with Crippen molar-refractivity contribution < 1.29 is 13.9 Å². The van der Waals surface area contributed by atoms with Crippen molar-refractivity contribution in [3.05, 3.63) is 77.5 Å². The van der Waals surface area contributed by atoms with Gasteiger partial charge in [0.1, 0.15) is 23.5 Å². The number of rotatable bonds is 5. The van der Waals surface area contributed by atoms with Crippen LogP contribution in [-0.2, 0) is 0 Å². The van der Waals surface area contributed by atoms with Gasteiger partial charge in [-0.2, -0.15) is 5.26 Å². The zero-order valence-corrected chi connectivity index (χ0v) is 21.2. The third kappa shape index (κ3) is 4.46. The van der Waals surface area contributed by atoms with Crippen LogP contribution in [0.1, 0.15) is 24.0 Å². The SMILES string of the molecule is Cc1cc(F)cc(-c2cnc3ccc(-c4cc(F)cc(C#N)c4O)cc3c2N2CC(CN3CCCC3)C2)c1. The predicted octanol–water partition coefficient (Wildman–Crippen LogP) is 6.26. The summed E-state index contributed by atoms with van der Waals surface area (Å²) < 4.78 is 28.8. The Bertz CT molecular complexity index is 1560. The zero-order chi connectivity index (χ0) is 26.4. The molecule has 0 bridgehead atoms. The lowest BCUT2D eigenvalue weighted by Crippen LogP contribution is -2.51. The molecular formula is C31H28F2N4O. The fourth-order valence-corrected chi connectivity index (χ4v) is 5.89. The molecule has 2 fully saturated rings. The van der Waals surface area contributed by atoms with Crippen LogP contribution in [0.15, 0.2) is 54.7 Å². The van der Waals surface area contributed by atoms with Crippen molar-refractivity contribution in [2.24, 2.45) is 5.92 Å². The van der Waals surface area contributed by atoms with Crippen LogP contribution in [0.3, 0.4) is 0 Å². The molecule has 3 heterocycles. The Labute approximate surface area is 220 Å². The number of aromatic hydroxyl groups is 1. The highest BCUT2D eigenvalue weighted by molar-refractivity contribution is 6.02. The van der Waals surface area contributed by atoms with Gasteiger partial charge in [0.2, 0.25) is 0 Å². The number of halogens is 2. The Morgan fingerprint density at radius 1 is 0.974 bits per heavy atom. The number of benzene rings is 3. The Morgan fingerprint density at radius 2 is 1.74 bits per heavy atom. The Hall–Kier alpha value is -4.02. The highest BCUT2D eigenvalue weighted by Crippen LogP contribution is 2.43. The molecule has 3 aromatic carbocycles. The minimum atomic E-state index is -0.593. The van der Waals surface area contributed by atoms with Gasteiger partial charge in [-0.25, -0.2) is 8.78 Å². The minimum Gasteiger partial charge on any atom is -0.506 e. The van der Waals surface area contributed by atoms with E-state index >= 15 is 0 Å². The van der Waals surface area contributed by atoms with E-state index in [0.717, 1.165) is 72.1 Å². The van der Waals surface area contributed by atoms with Crippen LogP contribution in [-0.4, -0.2) is 47.7 Å². The zero-order valence-electron chi connectivity index (χ0n) is 21.2. The second-order valence-electron chi connectivity index (χ2n) is 10.5. The molecule has 0 unspecified atom stereocenters. The summed E-state index contributed by atoms with van der Waals surface area (Å²) >= 11 is 0. The molecule has 1 aromatic heterocycles. The maximum Gasteiger partial charge on any atom is 0.141 e. The molecular weight excluding hydrogens is 482 g/mol. The topological polar surface area (TPSA) is 63.4 Å². The predicted molar refractivity (Wildman–Crippen MR) is 145 cm³/mol. The van der Waals surface area contributed by atoms with Gasteiger partial charge in [-0.1, -0.05) is 12.1 Å². The summed E-state index contributed by atoms with van der Waals surface area (Å²) in [5.74, 6) is -0.602. The number of likely N-dealkylation sites (tertiary alicyclic amines) is 1. The summed E-state index contributed by atoms with van der Waals surface area (Å²) in [5, 5.41) is 20.9. The minimum absolute atomic E-state index is 0.116. The van der Waals surface area contributed by atoms with E-state index < -0.39 is 5.82 Å². The molecule has 2 aliphatic rings. The second kappa shape index (κ2) is 9.70. The van der Waals surface area contributed by atoms with Crippen molar-refractivity contribution in [1.82, 2.24) is 9.88 Å². The summed E-state index contributed by atoms with van der Waals surface area (Å²) in [5.41, 5.74) is 4.82. The monoisotopic (exact) mass is 510 g/mol. The van der Waals surface area contributed by atoms with Crippen LogP contribution in [0.2, 0.25) is 0 Å². The summed E-state index contributed by atoms with van der Waals surface area (Å²) in [6.07, 6.45) is 4.32. The summed E-state index contributed by atoms with van der Waals surface area (Å²) in [4.78, 5) is 9.53. The normalized spacial score (nSPS) is 16.1. The van der Waals surface area contributed by atoms with E-state index in [-0.39, 0.29) is 22.7 Å². The molecule has 2 saturated heterocycles. The molecule has 192 valence electrons. The first-order valence-corrected chi connectivity index (χ1v) is 13.0. The molecule has 4 aromatic rings. The molecule has 6 rings (SSSR count). The number of hydrogen-bond acceptors (Lipinski definition) is 5. The molecule has 7 heteroatoms. The van der Waals surface area contributed by atoms with Crippen LogP contribution in [0.4, 0.5) is 14.5 Å². The van der Waals surface area contributed by atoms with Crippen LogP contribution in [0.25, 0.3) is 33.2 Å². The van der Waals surface area contributed by atoms with E-state index in [4.69, 9.17) is 0 Å². The number of fused-ring (bicyclic) bond motifs is 1. The number of aryl methyl sites for hydroxylation is 1. The maximum atomic E-state index is 14.5. The maximum absolute atomic E-state index is 14.5. The molecule has 2 aliphatic heterocycles. The van der Waals surface area contributed by atoms with E-state index in [0.29, 0.717) is 11.5 Å². The van der Waals surface area contributed by atoms with Crippen molar-refractivity contribution in [3.63, 3.8) is 0 Å². The fourth-order valence-electron chi connectivity index (χ4n) is 5.89. The van der Waals surface area contributed by atoms with Crippen molar-refractivity contribution in [1.29, 1.82) is 5.26 Å². The van der Waals surface area contributed by atoms with Gasteiger partial charge in [0.15, 0.2) is 0 Å².